The fourth-order valence-corrected chi connectivity index (χ4v) is 5.94. The molecule has 3 aliphatic heterocycles. The fourth-order valence-electron chi connectivity index (χ4n) is 5.94. The number of esters is 2. The number of fused-ring (bicyclic) bond motifs is 5. The zero-order valence-electron chi connectivity index (χ0n) is 21.0. The number of rotatable bonds is 8. The Hall–Kier alpha value is -3.40. The first-order chi connectivity index (χ1) is 17.3. The topological polar surface area (TPSA) is 124 Å². The molecule has 10 nitrogen and oxygen atoms in total. The summed E-state index contributed by atoms with van der Waals surface area (Å²) in [4.78, 5) is 43.9. The highest BCUT2D eigenvalue weighted by Crippen LogP contribution is 2.53. The van der Waals surface area contributed by atoms with Gasteiger partial charge in [0.15, 0.2) is 5.60 Å². The van der Waals surface area contributed by atoms with Crippen molar-refractivity contribution in [2.24, 2.45) is 16.8 Å². The van der Waals surface area contributed by atoms with Gasteiger partial charge >= 0.3 is 17.9 Å². The van der Waals surface area contributed by atoms with Crippen molar-refractivity contribution in [1.82, 2.24) is 4.90 Å². The number of carbonyl (C=O) groups is 3. The minimum Gasteiger partial charge on any atom is -0.504 e. The van der Waals surface area contributed by atoms with Crippen LogP contribution in [0.15, 0.2) is 35.0 Å². The number of piperidine rings is 2. The van der Waals surface area contributed by atoms with Crippen molar-refractivity contribution in [3.63, 3.8) is 0 Å². The van der Waals surface area contributed by atoms with E-state index in [9.17, 15) is 19.5 Å². The quantitative estimate of drug-likeness (QED) is 0.248. The number of methoxy groups -OCH3 is 3. The molecule has 3 heterocycles. The Balaban J connectivity index is 1.79. The van der Waals surface area contributed by atoms with Gasteiger partial charge in [0, 0.05) is 19.5 Å². The van der Waals surface area contributed by atoms with Crippen molar-refractivity contribution in [2.75, 3.05) is 34.4 Å². The molecule has 4 atom stereocenters. The number of carbonyl (C=O) groups excluding carboxylic acids is 2. The van der Waals surface area contributed by atoms with Crippen LogP contribution in [0.4, 0.5) is 5.69 Å². The molecule has 2 fully saturated rings. The van der Waals surface area contributed by atoms with Gasteiger partial charge in [-0.2, -0.15) is 0 Å². The van der Waals surface area contributed by atoms with Crippen LogP contribution in [-0.2, 0) is 34.2 Å². The Labute approximate surface area is 209 Å². The molecule has 36 heavy (non-hydrogen) atoms. The molecule has 0 aromatic heterocycles. The number of aliphatic carboxylic acids is 1. The standard InChI is InChI=1S/C26H32N2O8/c1-5-15-13-28-10-9-26(36-22(31)12-21(29)30)23-18(7-6-8-20(23)34-3)27-24(26)19(28)11-16(15)17(14-33-2)25(32)35-4/h6-8,14-16,19H,5,9-13H2,1-4H3,(H,29,30)/b17-14+/t15-,16+,19+,26+/m1/s1. The van der Waals surface area contributed by atoms with Crippen LogP contribution >= 0.6 is 0 Å². The first-order valence-corrected chi connectivity index (χ1v) is 12.0. The molecule has 194 valence electrons. The lowest BCUT2D eigenvalue weighted by Crippen LogP contribution is -2.61. The third kappa shape index (κ3) is 4.34. The van der Waals surface area contributed by atoms with E-state index in [2.05, 4.69) is 11.8 Å². The van der Waals surface area contributed by atoms with Crippen LogP contribution in [0.5, 0.6) is 5.75 Å². The zero-order chi connectivity index (χ0) is 26.0. The van der Waals surface area contributed by atoms with E-state index in [1.807, 2.05) is 12.1 Å². The molecule has 0 bridgehead atoms. The molecule has 0 spiro atoms. The Kier molecular flexibility index (Phi) is 7.35. The number of benzene rings is 1. The highest BCUT2D eigenvalue weighted by atomic mass is 16.6. The lowest BCUT2D eigenvalue weighted by molar-refractivity contribution is -0.161. The second kappa shape index (κ2) is 10.3. The van der Waals surface area contributed by atoms with Gasteiger partial charge in [-0.25, -0.2) is 4.79 Å². The van der Waals surface area contributed by atoms with Gasteiger partial charge in [-0.1, -0.05) is 19.4 Å². The third-order valence-electron chi connectivity index (χ3n) is 7.48. The molecule has 1 aromatic rings. The Morgan fingerprint density at radius 1 is 1.25 bits per heavy atom. The SMILES string of the molecule is CC[C@@H]1CN2CC[C@@]3(OC(=O)CC(=O)O)C(=Nc4cccc(OC)c43)[C@@H]2C[C@@H]1/C(=C\OC)C(=O)OC. The van der Waals surface area contributed by atoms with Gasteiger partial charge in [-0.15, -0.1) is 0 Å². The minimum atomic E-state index is -1.26. The number of nitrogens with zero attached hydrogens (tertiary/aromatic N) is 2. The normalized spacial score (nSPS) is 27.2. The Morgan fingerprint density at radius 3 is 2.67 bits per heavy atom. The van der Waals surface area contributed by atoms with Crippen LogP contribution in [0.1, 0.15) is 38.2 Å². The van der Waals surface area contributed by atoms with E-state index in [0.717, 1.165) is 13.0 Å². The van der Waals surface area contributed by atoms with Crippen LogP contribution in [0, 0.1) is 11.8 Å². The van der Waals surface area contributed by atoms with Crippen LogP contribution in [-0.4, -0.2) is 74.1 Å². The maximum atomic E-state index is 12.7. The maximum Gasteiger partial charge on any atom is 0.337 e. The molecule has 0 saturated carbocycles. The van der Waals surface area contributed by atoms with Crippen LogP contribution in [0.3, 0.4) is 0 Å². The summed E-state index contributed by atoms with van der Waals surface area (Å²) in [5.74, 6) is -2.00. The monoisotopic (exact) mass is 500 g/mol. The molecule has 2 saturated heterocycles. The summed E-state index contributed by atoms with van der Waals surface area (Å²) >= 11 is 0. The van der Waals surface area contributed by atoms with E-state index in [4.69, 9.17) is 23.9 Å². The summed E-state index contributed by atoms with van der Waals surface area (Å²) < 4.78 is 21.9. The van der Waals surface area contributed by atoms with E-state index < -0.39 is 29.9 Å². The van der Waals surface area contributed by atoms with Crippen LogP contribution in [0.25, 0.3) is 0 Å². The summed E-state index contributed by atoms with van der Waals surface area (Å²) in [6.07, 6.45) is 2.50. The number of hydrogen-bond acceptors (Lipinski definition) is 9. The van der Waals surface area contributed by atoms with E-state index >= 15 is 0 Å². The van der Waals surface area contributed by atoms with Crippen molar-refractivity contribution in [1.29, 1.82) is 0 Å². The summed E-state index contributed by atoms with van der Waals surface area (Å²) in [7, 11) is 4.38. The minimum absolute atomic E-state index is 0.164. The van der Waals surface area contributed by atoms with Crippen molar-refractivity contribution >= 4 is 29.3 Å². The average Bonchev–Trinajstić information content (AvgIpc) is 3.20. The summed E-state index contributed by atoms with van der Waals surface area (Å²) in [5.41, 5.74) is 1.11. The number of hydrogen-bond donors (Lipinski definition) is 1. The summed E-state index contributed by atoms with van der Waals surface area (Å²) in [6.45, 7) is 3.41. The first-order valence-electron chi connectivity index (χ1n) is 12.0. The predicted molar refractivity (Wildman–Crippen MR) is 129 cm³/mol. The molecule has 1 aromatic carbocycles. The molecule has 1 N–H and O–H groups in total. The van der Waals surface area contributed by atoms with Crippen LogP contribution < -0.4 is 4.74 Å². The summed E-state index contributed by atoms with van der Waals surface area (Å²) in [5, 5.41) is 9.19. The molecule has 3 aliphatic rings. The van der Waals surface area contributed by atoms with Gasteiger partial charge in [-0.3, -0.25) is 19.5 Å². The molecular formula is C26H32N2O8. The molecule has 4 rings (SSSR count). The van der Waals surface area contributed by atoms with Gasteiger partial charge in [0.1, 0.15) is 12.2 Å². The van der Waals surface area contributed by atoms with E-state index in [1.165, 1.54) is 27.6 Å². The Bertz CT molecular complexity index is 1110. The molecule has 0 unspecified atom stereocenters. The summed E-state index contributed by atoms with van der Waals surface area (Å²) in [6, 6.07) is 5.19. The molecule has 0 aliphatic carbocycles. The van der Waals surface area contributed by atoms with E-state index in [1.54, 1.807) is 6.07 Å². The molecule has 10 heteroatoms. The number of aliphatic imine (C=N–C) groups is 1. The molecule has 0 radical (unpaired) electrons. The fraction of sp³-hybridized carbons (Fsp3) is 0.538. The average molecular weight is 501 g/mol. The zero-order valence-corrected chi connectivity index (χ0v) is 21.0. The highest BCUT2D eigenvalue weighted by Gasteiger charge is 2.57. The van der Waals surface area contributed by atoms with E-state index in [-0.39, 0.29) is 17.9 Å². The van der Waals surface area contributed by atoms with Crippen LogP contribution in [0.2, 0.25) is 0 Å². The van der Waals surface area contributed by atoms with Crippen molar-refractivity contribution in [3.05, 3.63) is 35.6 Å². The highest BCUT2D eigenvalue weighted by molar-refractivity contribution is 6.07. The van der Waals surface area contributed by atoms with Crippen molar-refractivity contribution in [2.45, 2.75) is 44.2 Å². The van der Waals surface area contributed by atoms with Gasteiger partial charge < -0.3 is 24.1 Å². The first kappa shape index (κ1) is 25.7. The Morgan fingerprint density at radius 2 is 2.03 bits per heavy atom. The molecule has 0 amide bonds. The smallest absolute Gasteiger partial charge is 0.337 e. The maximum absolute atomic E-state index is 12.7. The number of ether oxygens (including phenoxy) is 4. The van der Waals surface area contributed by atoms with Crippen molar-refractivity contribution < 1.29 is 38.4 Å². The van der Waals surface area contributed by atoms with Gasteiger partial charge in [0.05, 0.1) is 56.2 Å². The number of carboxylic acids is 1. The second-order valence-corrected chi connectivity index (χ2v) is 9.29. The number of carboxylic acid groups (broad SMARTS) is 1. The largest absolute Gasteiger partial charge is 0.504 e. The lowest BCUT2D eigenvalue weighted by atomic mass is 9.70. The second-order valence-electron chi connectivity index (χ2n) is 9.29. The van der Waals surface area contributed by atoms with Gasteiger partial charge in [-0.05, 0) is 30.4 Å². The lowest BCUT2D eigenvalue weighted by Gasteiger charge is -2.51. The van der Waals surface area contributed by atoms with E-state index in [0.29, 0.717) is 47.7 Å². The van der Waals surface area contributed by atoms with Gasteiger partial charge in [0.25, 0.3) is 0 Å². The van der Waals surface area contributed by atoms with Crippen molar-refractivity contribution in [3.8, 4) is 5.75 Å². The van der Waals surface area contributed by atoms with Gasteiger partial charge in [0.2, 0.25) is 0 Å². The third-order valence-corrected chi connectivity index (χ3v) is 7.48. The molecular weight excluding hydrogens is 468 g/mol. The predicted octanol–water partition coefficient (Wildman–Crippen LogP) is 2.82.